The highest BCUT2D eigenvalue weighted by atomic mass is 28.3. The molecule has 0 aliphatic carbocycles. The molecule has 0 radical (unpaired) electrons. The third kappa shape index (κ3) is 2.56. The van der Waals surface area contributed by atoms with Gasteiger partial charge in [-0.2, -0.15) is 0 Å². The normalized spacial score (nSPS) is 13.2. The lowest BCUT2D eigenvalue weighted by atomic mass is 9.94. The van der Waals surface area contributed by atoms with Gasteiger partial charge in [0.25, 0.3) is 0 Å². The lowest BCUT2D eigenvalue weighted by Gasteiger charge is -2.24. The molecule has 3 rings (SSSR count). The lowest BCUT2D eigenvalue weighted by Crippen LogP contribution is -2.17. The van der Waals surface area contributed by atoms with Crippen molar-refractivity contribution in [2.75, 3.05) is 0 Å². The van der Waals surface area contributed by atoms with Crippen molar-refractivity contribution in [2.24, 2.45) is 0 Å². The number of para-hydroxylation sites is 2. The predicted molar refractivity (Wildman–Crippen MR) is 88.2 cm³/mol. The molecular weight excluding hydrogens is 260 g/mol. The number of allylic oxidation sites excluding steroid dienone is 1. The molecule has 1 nitrogen and oxygen atoms in total. The molecule has 0 N–H and O–H groups in total. The van der Waals surface area contributed by atoms with Crippen LogP contribution in [0, 0.1) is 0 Å². The molecule has 1 heterocycles. The highest BCUT2D eigenvalue weighted by Gasteiger charge is 2.21. The van der Waals surface area contributed by atoms with Crippen LogP contribution >= 0.6 is 0 Å². The van der Waals surface area contributed by atoms with Crippen molar-refractivity contribution in [3.05, 3.63) is 65.7 Å². The molecule has 0 atom stereocenters. The Morgan fingerprint density at radius 1 is 0.850 bits per heavy atom. The van der Waals surface area contributed by atoms with Crippen molar-refractivity contribution in [1.82, 2.24) is 0 Å². The van der Waals surface area contributed by atoms with Gasteiger partial charge in [0.05, 0.1) is 0 Å². The van der Waals surface area contributed by atoms with E-state index in [1.54, 1.807) is 0 Å². The van der Waals surface area contributed by atoms with Crippen LogP contribution in [-0.4, -0.2) is 8.07 Å². The first-order valence-corrected chi connectivity index (χ1v) is 10.8. The number of rotatable bonds is 2. The van der Waals surface area contributed by atoms with Gasteiger partial charge in [-0.3, -0.25) is 0 Å². The van der Waals surface area contributed by atoms with Crippen LogP contribution in [-0.2, 0) is 0 Å². The SMILES string of the molecule is C[Si](C)(C)CC=C1c2ccccc2Oc2ccccc21. The van der Waals surface area contributed by atoms with Crippen LogP contribution in [0.25, 0.3) is 5.57 Å². The summed E-state index contributed by atoms with van der Waals surface area (Å²) in [4.78, 5) is 0. The number of benzene rings is 2. The van der Waals surface area contributed by atoms with Crippen molar-refractivity contribution in [2.45, 2.75) is 25.7 Å². The Bertz CT molecular complexity index is 618. The molecule has 0 spiro atoms. The second-order valence-corrected chi connectivity index (χ2v) is 12.0. The van der Waals surface area contributed by atoms with Crippen LogP contribution in [0.1, 0.15) is 11.1 Å². The van der Waals surface area contributed by atoms with Crippen molar-refractivity contribution in [3.63, 3.8) is 0 Å². The monoisotopic (exact) mass is 280 g/mol. The minimum atomic E-state index is -1.10. The highest BCUT2D eigenvalue weighted by Crippen LogP contribution is 2.43. The molecule has 1 aliphatic rings. The molecule has 102 valence electrons. The van der Waals surface area contributed by atoms with E-state index in [4.69, 9.17) is 4.74 Å². The number of fused-ring (bicyclic) bond motifs is 2. The molecule has 0 saturated heterocycles. The second-order valence-electron chi connectivity index (χ2n) is 6.48. The Kier molecular flexibility index (Phi) is 3.26. The Balaban J connectivity index is 2.13. The van der Waals surface area contributed by atoms with E-state index in [0.29, 0.717) is 0 Å². The summed E-state index contributed by atoms with van der Waals surface area (Å²) in [7, 11) is -1.10. The van der Waals surface area contributed by atoms with E-state index >= 15 is 0 Å². The van der Waals surface area contributed by atoms with Crippen LogP contribution in [0.15, 0.2) is 54.6 Å². The summed E-state index contributed by atoms with van der Waals surface area (Å²) >= 11 is 0. The summed E-state index contributed by atoms with van der Waals surface area (Å²) < 4.78 is 6.01. The molecule has 20 heavy (non-hydrogen) atoms. The van der Waals surface area contributed by atoms with Crippen LogP contribution in [0.3, 0.4) is 0 Å². The Hall–Kier alpha value is -1.80. The van der Waals surface area contributed by atoms with Crippen molar-refractivity contribution >= 4 is 13.6 Å². The Morgan fingerprint density at radius 3 is 1.85 bits per heavy atom. The van der Waals surface area contributed by atoms with Gasteiger partial charge in [0.1, 0.15) is 11.5 Å². The minimum Gasteiger partial charge on any atom is -0.456 e. The van der Waals surface area contributed by atoms with E-state index in [9.17, 15) is 0 Å². The fourth-order valence-corrected chi connectivity index (χ4v) is 3.26. The summed E-state index contributed by atoms with van der Waals surface area (Å²) in [6.45, 7) is 7.21. The van der Waals surface area contributed by atoms with Crippen molar-refractivity contribution in [3.8, 4) is 11.5 Å². The van der Waals surface area contributed by atoms with E-state index < -0.39 is 8.07 Å². The molecule has 0 unspecified atom stereocenters. The fourth-order valence-electron chi connectivity index (χ4n) is 2.45. The van der Waals surface area contributed by atoms with Crippen molar-refractivity contribution in [1.29, 1.82) is 0 Å². The summed E-state index contributed by atoms with van der Waals surface area (Å²) in [5.41, 5.74) is 3.75. The molecule has 0 bridgehead atoms. The summed E-state index contributed by atoms with van der Waals surface area (Å²) in [5, 5.41) is 0. The zero-order chi connectivity index (χ0) is 14.2. The summed E-state index contributed by atoms with van der Waals surface area (Å²) in [5.74, 6) is 1.93. The second kappa shape index (κ2) is 4.95. The first-order chi connectivity index (χ1) is 9.54. The zero-order valence-corrected chi connectivity index (χ0v) is 13.3. The maximum Gasteiger partial charge on any atom is 0.135 e. The largest absolute Gasteiger partial charge is 0.456 e. The molecule has 0 amide bonds. The smallest absolute Gasteiger partial charge is 0.135 e. The standard InChI is InChI=1S/C18H20OSi/c1-20(2,3)13-12-14-15-8-4-6-10-17(15)19-18-11-7-5-9-16(14)18/h4-12H,13H2,1-3H3. The molecular formula is C18H20OSi. The molecule has 2 aromatic carbocycles. The summed E-state index contributed by atoms with van der Waals surface area (Å²) in [6.07, 6.45) is 2.41. The number of hydrogen-bond acceptors (Lipinski definition) is 1. The maximum absolute atomic E-state index is 6.01. The molecule has 2 aromatic rings. The average molecular weight is 280 g/mol. The van der Waals surface area contributed by atoms with Gasteiger partial charge in [0.15, 0.2) is 0 Å². The molecule has 0 fully saturated rings. The van der Waals surface area contributed by atoms with E-state index in [0.717, 1.165) is 11.5 Å². The van der Waals surface area contributed by atoms with Gasteiger partial charge in [-0.25, -0.2) is 0 Å². The van der Waals surface area contributed by atoms with E-state index in [-0.39, 0.29) is 0 Å². The van der Waals surface area contributed by atoms with E-state index in [1.807, 2.05) is 24.3 Å². The van der Waals surface area contributed by atoms with Gasteiger partial charge in [-0.05, 0) is 23.7 Å². The van der Waals surface area contributed by atoms with Gasteiger partial charge in [-0.1, -0.05) is 62.1 Å². The molecule has 2 heteroatoms. The first-order valence-electron chi connectivity index (χ1n) is 7.11. The average Bonchev–Trinajstić information content (AvgIpc) is 2.42. The van der Waals surface area contributed by atoms with Gasteiger partial charge in [0, 0.05) is 19.2 Å². The molecule has 1 aliphatic heterocycles. The summed E-state index contributed by atoms with van der Waals surface area (Å²) in [6, 6.07) is 17.8. The van der Waals surface area contributed by atoms with Gasteiger partial charge >= 0.3 is 0 Å². The third-order valence-electron chi connectivity index (χ3n) is 3.49. The van der Waals surface area contributed by atoms with Gasteiger partial charge in [0.2, 0.25) is 0 Å². The van der Waals surface area contributed by atoms with Crippen LogP contribution in [0.2, 0.25) is 25.7 Å². The predicted octanol–water partition coefficient (Wildman–Crippen LogP) is 5.56. The first kappa shape index (κ1) is 13.2. The highest BCUT2D eigenvalue weighted by molar-refractivity contribution is 6.76. The molecule has 0 saturated carbocycles. The minimum absolute atomic E-state index is 0.966. The van der Waals surface area contributed by atoms with Crippen LogP contribution < -0.4 is 4.74 Å². The van der Waals surface area contributed by atoms with E-state index in [2.05, 4.69) is 50.0 Å². The zero-order valence-electron chi connectivity index (χ0n) is 12.3. The Morgan fingerprint density at radius 2 is 1.35 bits per heavy atom. The lowest BCUT2D eigenvalue weighted by molar-refractivity contribution is 0.474. The number of ether oxygens (including phenoxy) is 1. The van der Waals surface area contributed by atoms with Gasteiger partial charge in [-0.15, -0.1) is 0 Å². The maximum atomic E-state index is 6.01. The quantitative estimate of drug-likeness (QED) is 0.558. The van der Waals surface area contributed by atoms with Crippen molar-refractivity contribution < 1.29 is 4.74 Å². The third-order valence-corrected chi connectivity index (χ3v) is 4.92. The Labute approximate surface area is 121 Å². The van der Waals surface area contributed by atoms with Gasteiger partial charge < -0.3 is 4.74 Å². The number of hydrogen-bond donors (Lipinski definition) is 0. The fraction of sp³-hybridized carbons (Fsp3) is 0.222. The molecule has 0 aromatic heterocycles. The topological polar surface area (TPSA) is 9.23 Å². The van der Waals surface area contributed by atoms with Crippen LogP contribution in [0.4, 0.5) is 0 Å². The van der Waals surface area contributed by atoms with Crippen LogP contribution in [0.5, 0.6) is 11.5 Å². The van der Waals surface area contributed by atoms with E-state index in [1.165, 1.54) is 22.7 Å².